The van der Waals surface area contributed by atoms with Gasteiger partial charge < -0.3 is 0 Å². The molecule has 2 aromatic carbocycles. The molecule has 0 saturated carbocycles. The fourth-order valence-electron chi connectivity index (χ4n) is 2.24. The zero-order valence-electron chi connectivity index (χ0n) is 10.8. The maximum atomic E-state index is 12.9. The van der Waals surface area contributed by atoms with Gasteiger partial charge in [0.05, 0.1) is 0 Å². The molecule has 0 aliphatic heterocycles. The summed E-state index contributed by atoms with van der Waals surface area (Å²) in [5.74, 6) is -0.0151. The van der Waals surface area contributed by atoms with Crippen molar-refractivity contribution in [2.45, 2.75) is 22.6 Å². The fraction of sp³-hybridized carbons (Fsp3) is 0.118. The van der Waals surface area contributed by atoms with Crippen molar-refractivity contribution in [2.75, 3.05) is 0 Å². The third kappa shape index (κ3) is 2.83. The summed E-state index contributed by atoms with van der Waals surface area (Å²) in [4.78, 5) is 13.8. The van der Waals surface area contributed by atoms with E-state index in [0.717, 1.165) is 27.3 Å². The molecule has 1 aliphatic rings. The summed E-state index contributed by atoms with van der Waals surface area (Å²) in [7, 11) is 0. The second kappa shape index (κ2) is 5.63. The first-order valence-electron chi connectivity index (χ1n) is 6.49. The summed E-state index contributed by atoms with van der Waals surface area (Å²) in [5, 5.41) is 0. The van der Waals surface area contributed by atoms with Gasteiger partial charge >= 0.3 is 0 Å². The summed E-state index contributed by atoms with van der Waals surface area (Å²) in [6.45, 7) is 0. The van der Waals surface area contributed by atoms with Crippen LogP contribution < -0.4 is 0 Å². The number of halogens is 1. The van der Waals surface area contributed by atoms with Gasteiger partial charge in [0.15, 0.2) is 5.78 Å². The van der Waals surface area contributed by atoms with Crippen molar-refractivity contribution in [3.8, 4) is 0 Å². The van der Waals surface area contributed by atoms with Gasteiger partial charge in [0.1, 0.15) is 5.82 Å². The van der Waals surface area contributed by atoms with Crippen molar-refractivity contribution in [1.29, 1.82) is 0 Å². The topological polar surface area (TPSA) is 17.1 Å². The highest BCUT2D eigenvalue weighted by atomic mass is 32.2. The number of ketones is 1. The van der Waals surface area contributed by atoms with Gasteiger partial charge in [-0.15, -0.1) is 0 Å². The van der Waals surface area contributed by atoms with Crippen LogP contribution in [0, 0.1) is 5.82 Å². The number of rotatable bonds is 3. The molecule has 0 bridgehead atoms. The number of hydrogen-bond acceptors (Lipinski definition) is 2. The standard InChI is InChI=1S/C17H13FOS/c18-13-7-9-14(10-8-13)20-15-4-1-3-12(11-15)16-5-2-6-17(16)19/h1,3-5,7-11H,2,6H2. The van der Waals surface area contributed by atoms with E-state index in [-0.39, 0.29) is 11.6 Å². The summed E-state index contributed by atoms with van der Waals surface area (Å²) in [6, 6.07) is 14.3. The predicted octanol–water partition coefficient (Wildman–Crippen LogP) is 4.72. The first-order valence-corrected chi connectivity index (χ1v) is 7.31. The van der Waals surface area contributed by atoms with Crippen LogP contribution in [0.4, 0.5) is 4.39 Å². The van der Waals surface area contributed by atoms with Crippen LogP contribution in [0.2, 0.25) is 0 Å². The molecule has 3 heteroatoms. The lowest BCUT2D eigenvalue weighted by molar-refractivity contribution is -0.113. The van der Waals surface area contributed by atoms with E-state index in [0.29, 0.717) is 6.42 Å². The Morgan fingerprint density at radius 2 is 1.80 bits per heavy atom. The summed E-state index contributed by atoms with van der Waals surface area (Å²) >= 11 is 1.57. The van der Waals surface area contributed by atoms with Gasteiger partial charge in [0, 0.05) is 21.8 Å². The maximum absolute atomic E-state index is 12.9. The minimum atomic E-state index is -0.232. The SMILES string of the molecule is O=C1CCC=C1c1cccc(Sc2ccc(F)cc2)c1. The Labute approximate surface area is 121 Å². The molecule has 0 fully saturated rings. The molecule has 3 rings (SSSR count). The quantitative estimate of drug-likeness (QED) is 0.811. The number of benzene rings is 2. The fourth-order valence-corrected chi connectivity index (χ4v) is 3.12. The third-order valence-electron chi connectivity index (χ3n) is 3.21. The zero-order chi connectivity index (χ0) is 13.9. The third-order valence-corrected chi connectivity index (χ3v) is 4.21. The van der Waals surface area contributed by atoms with Crippen molar-refractivity contribution in [3.63, 3.8) is 0 Å². The van der Waals surface area contributed by atoms with Crippen molar-refractivity contribution < 1.29 is 9.18 Å². The van der Waals surface area contributed by atoms with Gasteiger partial charge in [-0.2, -0.15) is 0 Å². The normalized spacial score (nSPS) is 14.4. The van der Waals surface area contributed by atoms with E-state index in [1.807, 2.05) is 30.3 Å². The first-order chi connectivity index (χ1) is 9.72. The van der Waals surface area contributed by atoms with Gasteiger partial charge in [0.2, 0.25) is 0 Å². The first kappa shape index (κ1) is 13.1. The van der Waals surface area contributed by atoms with Gasteiger partial charge in [0.25, 0.3) is 0 Å². The molecule has 0 atom stereocenters. The van der Waals surface area contributed by atoms with Crippen molar-refractivity contribution >= 4 is 23.1 Å². The lowest BCUT2D eigenvalue weighted by Crippen LogP contribution is -1.94. The van der Waals surface area contributed by atoms with Gasteiger partial charge in [-0.1, -0.05) is 30.0 Å². The van der Waals surface area contributed by atoms with E-state index >= 15 is 0 Å². The predicted molar refractivity (Wildman–Crippen MR) is 79.2 cm³/mol. The van der Waals surface area contributed by atoms with Gasteiger partial charge in [-0.25, -0.2) is 4.39 Å². The van der Waals surface area contributed by atoms with E-state index in [1.54, 1.807) is 23.9 Å². The summed E-state index contributed by atoms with van der Waals surface area (Å²) in [5.41, 5.74) is 1.80. The molecule has 0 saturated heterocycles. The molecule has 0 heterocycles. The smallest absolute Gasteiger partial charge is 0.163 e. The highest BCUT2D eigenvalue weighted by Crippen LogP contribution is 2.31. The molecule has 0 unspecified atom stereocenters. The number of carbonyl (C=O) groups is 1. The van der Waals surface area contributed by atoms with Crippen LogP contribution in [0.3, 0.4) is 0 Å². The molecular weight excluding hydrogens is 271 g/mol. The Balaban J connectivity index is 1.84. The van der Waals surface area contributed by atoms with Crippen molar-refractivity contribution in [1.82, 2.24) is 0 Å². The van der Waals surface area contributed by atoms with Gasteiger partial charge in [-0.05, 0) is 48.4 Å². The molecule has 0 spiro atoms. The van der Waals surface area contributed by atoms with E-state index < -0.39 is 0 Å². The Morgan fingerprint density at radius 3 is 2.50 bits per heavy atom. The van der Waals surface area contributed by atoms with Gasteiger partial charge in [-0.3, -0.25) is 4.79 Å². The second-order valence-corrected chi connectivity index (χ2v) is 5.81. The van der Waals surface area contributed by atoms with Crippen LogP contribution >= 0.6 is 11.8 Å². The molecule has 0 radical (unpaired) electrons. The molecule has 2 aromatic rings. The van der Waals surface area contributed by atoms with E-state index in [2.05, 4.69) is 0 Å². The average Bonchev–Trinajstić information content (AvgIpc) is 2.88. The van der Waals surface area contributed by atoms with Crippen LogP contribution in [-0.4, -0.2) is 5.78 Å². The monoisotopic (exact) mass is 284 g/mol. The Bertz CT molecular complexity index is 674. The van der Waals surface area contributed by atoms with Crippen molar-refractivity contribution in [3.05, 3.63) is 66.0 Å². The van der Waals surface area contributed by atoms with Crippen LogP contribution in [0.5, 0.6) is 0 Å². The highest BCUT2D eigenvalue weighted by molar-refractivity contribution is 7.99. The van der Waals surface area contributed by atoms with E-state index in [9.17, 15) is 9.18 Å². The maximum Gasteiger partial charge on any atom is 0.163 e. The molecule has 0 aromatic heterocycles. The van der Waals surface area contributed by atoms with E-state index in [4.69, 9.17) is 0 Å². The van der Waals surface area contributed by atoms with E-state index in [1.165, 1.54) is 12.1 Å². The summed E-state index contributed by atoms with van der Waals surface area (Å²) < 4.78 is 12.9. The Kier molecular flexibility index (Phi) is 3.70. The minimum Gasteiger partial charge on any atom is -0.294 e. The van der Waals surface area contributed by atoms with Crippen LogP contribution in [-0.2, 0) is 4.79 Å². The van der Waals surface area contributed by atoms with Crippen LogP contribution in [0.1, 0.15) is 18.4 Å². The molecule has 20 heavy (non-hydrogen) atoms. The molecule has 0 amide bonds. The second-order valence-electron chi connectivity index (χ2n) is 4.66. The Morgan fingerprint density at radius 1 is 1.00 bits per heavy atom. The molecule has 1 aliphatic carbocycles. The summed E-state index contributed by atoms with van der Waals surface area (Å²) in [6.07, 6.45) is 3.46. The molecule has 100 valence electrons. The zero-order valence-corrected chi connectivity index (χ0v) is 11.6. The Hall–Kier alpha value is -1.87. The lowest BCUT2D eigenvalue weighted by atomic mass is 10.1. The lowest BCUT2D eigenvalue weighted by Gasteiger charge is -2.05. The number of allylic oxidation sites excluding steroid dienone is 2. The van der Waals surface area contributed by atoms with Crippen LogP contribution in [0.15, 0.2) is 64.4 Å². The number of carbonyl (C=O) groups excluding carboxylic acids is 1. The van der Waals surface area contributed by atoms with Crippen LogP contribution in [0.25, 0.3) is 5.57 Å². The van der Waals surface area contributed by atoms with Crippen molar-refractivity contribution in [2.24, 2.45) is 0 Å². The average molecular weight is 284 g/mol. The molecule has 1 nitrogen and oxygen atoms in total. The highest BCUT2D eigenvalue weighted by Gasteiger charge is 2.16. The molecular formula is C17H13FOS. The molecule has 0 N–H and O–H groups in total. The number of Topliss-reactive ketones (excluding diaryl/α,β-unsaturated/α-hetero) is 1. The number of hydrogen-bond donors (Lipinski definition) is 0. The largest absolute Gasteiger partial charge is 0.294 e. The minimum absolute atomic E-state index is 0.217.